The average Bonchev–Trinajstić information content (AvgIpc) is 2.34. The fraction of sp³-hybridized carbons (Fsp3) is 0.571. The topological polar surface area (TPSA) is 12.5 Å². The van der Waals surface area contributed by atoms with E-state index in [1.807, 2.05) is 0 Å². The maximum absolute atomic E-state index is 6.00. The predicted molar refractivity (Wildman–Crippen MR) is 71.7 cm³/mol. The molecule has 0 N–H and O–H groups in total. The molecule has 1 aromatic carbocycles. The molecule has 1 fully saturated rings. The summed E-state index contributed by atoms with van der Waals surface area (Å²) in [4.78, 5) is 2.44. The van der Waals surface area contributed by atoms with Crippen molar-refractivity contribution in [1.29, 1.82) is 0 Å². The Bertz CT molecular complexity index is 360. The summed E-state index contributed by atoms with van der Waals surface area (Å²) in [7, 11) is 0. The second kappa shape index (κ2) is 5.85. The van der Waals surface area contributed by atoms with Gasteiger partial charge in [-0.25, -0.2) is 0 Å². The Labute approximate surface area is 109 Å². The molecule has 1 unspecified atom stereocenters. The van der Waals surface area contributed by atoms with Gasteiger partial charge >= 0.3 is 0 Å². The largest absolute Gasteiger partial charge is 0.378 e. The van der Waals surface area contributed by atoms with Crippen molar-refractivity contribution < 1.29 is 4.74 Å². The molecule has 1 saturated heterocycles. The van der Waals surface area contributed by atoms with Crippen LogP contribution >= 0.6 is 11.6 Å². The van der Waals surface area contributed by atoms with Gasteiger partial charge in [0.15, 0.2) is 0 Å². The van der Waals surface area contributed by atoms with Crippen molar-refractivity contribution in [2.45, 2.75) is 26.4 Å². The molecule has 0 saturated carbocycles. The third-order valence-corrected chi connectivity index (χ3v) is 3.89. The van der Waals surface area contributed by atoms with Crippen molar-refractivity contribution in [3.8, 4) is 0 Å². The van der Waals surface area contributed by atoms with Gasteiger partial charge in [-0.2, -0.15) is 0 Å². The summed E-state index contributed by atoms with van der Waals surface area (Å²) in [5, 5.41) is 0. The van der Waals surface area contributed by atoms with Gasteiger partial charge in [-0.05, 0) is 30.5 Å². The van der Waals surface area contributed by atoms with Gasteiger partial charge in [0.2, 0.25) is 0 Å². The Morgan fingerprint density at radius 1 is 1.35 bits per heavy atom. The first-order valence-corrected chi connectivity index (χ1v) is 6.68. The molecule has 94 valence electrons. The van der Waals surface area contributed by atoms with Gasteiger partial charge in [-0.1, -0.05) is 18.2 Å². The molecule has 2 rings (SSSR count). The second-order valence-electron chi connectivity index (χ2n) is 4.72. The number of nitrogens with zero attached hydrogens (tertiary/aromatic N) is 1. The zero-order valence-corrected chi connectivity index (χ0v) is 11.3. The van der Waals surface area contributed by atoms with Gasteiger partial charge in [0.05, 0.1) is 13.2 Å². The summed E-state index contributed by atoms with van der Waals surface area (Å²) in [5.74, 6) is 0.644. The van der Waals surface area contributed by atoms with Gasteiger partial charge in [0.25, 0.3) is 0 Å². The number of hydrogen-bond acceptors (Lipinski definition) is 2. The molecule has 0 radical (unpaired) electrons. The van der Waals surface area contributed by atoms with Crippen molar-refractivity contribution in [2.75, 3.05) is 25.6 Å². The minimum atomic E-state index is 0.351. The first-order chi connectivity index (χ1) is 8.22. The highest BCUT2D eigenvalue weighted by Gasteiger charge is 2.22. The van der Waals surface area contributed by atoms with Crippen molar-refractivity contribution in [1.82, 2.24) is 4.90 Å². The molecule has 1 aliphatic heterocycles. The highest BCUT2D eigenvalue weighted by molar-refractivity contribution is 6.18. The van der Waals surface area contributed by atoms with E-state index < -0.39 is 0 Å². The van der Waals surface area contributed by atoms with Gasteiger partial charge in [0.1, 0.15) is 0 Å². The zero-order valence-electron chi connectivity index (χ0n) is 10.6. The van der Waals surface area contributed by atoms with E-state index in [1.165, 1.54) is 16.7 Å². The number of aryl methyl sites for hydroxylation is 2. The summed E-state index contributed by atoms with van der Waals surface area (Å²) in [6, 6.07) is 6.83. The summed E-state index contributed by atoms with van der Waals surface area (Å²) >= 11 is 6.00. The number of benzene rings is 1. The molecule has 0 bridgehead atoms. The van der Waals surface area contributed by atoms with E-state index in [0.717, 1.165) is 26.3 Å². The van der Waals surface area contributed by atoms with E-state index in [2.05, 4.69) is 36.9 Å². The maximum atomic E-state index is 6.00. The lowest BCUT2D eigenvalue weighted by molar-refractivity contribution is -0.00319. The maximum Gasteiger partial charge on any atom is 0.0634 e. The molecule has 0 aromatic heterocycles. The van der Waals surface area contributed by atoms with E-state index in [4.69, 9.17) is 16.3 Å². The Kier molecular flexibility index (Phi) is 4.43. The van der Waals surface area contributed by atoms with Gasteiger partial charge in [0, 0.05) is 25.0 Å². The van der Waals surface area contributed by atoms with Crippen LogP contribution in [0.1, 0.15) is 16.7 Å². The first kappa shape index (κ1) is 12.9. The van der Waals surface area contributed by atoms with E-state index in [9.17, 15) is 0 Å². The Hall–Kier alpha value is -0.570. The molecule has 0 amide bonds. The minimum absolute atomic E-state index is 0.351. The molecular formula is C14H20ClNO. The normalized spacial score (nSPS) is 21.7. The molecule has 1 aromatic rings. The van der Waals surface area contributed by atoms with Crippen LogP contribution in [0.2, 0.25) is 0 Å². The van der Waals surface area contributed by atoms with Gasteiger partial charge < -0.3 is 4.74 Å². The molecule has 2 nitrogen and oxygen atoms in total. The van der Waals surface area contributed by atoms with E-state index in [-0.39, 0.29) is 0 Å². The number of morpholine rings is 1. The molecule has 1 atom stereocenters. The van der Waals surface area contributed by atoms with E-state index in [1.54, 1.807) is 0 Å². The molecule has 3 heteroatoms. The van der Waals surface area contributed by atoms with Crippen LogP contribution in [-0.2, 0) is 11.3 Å². The predicted octanol–water partition coefficient (Wildman–Crippen LogP) is 2.74. The summed E-state index contributed by atoms with van der Waals surface area (Å²) < 4.78 is 5.48. The fourth-order valence-electron chi connectivity index (χ4n) is 2.34. The van der Waals surface area contributed by atoms with Gasteiger partial charge in [-0.15, -0.1) is 11.6 Å². The lowest BCUT2D eigenvalue weighted by Crippen LogP contribution is -2.46. The Balaban J connectivity index is 2.13. The molecule has 0 spiro atoms. The minimum Gasteiger partial charge on any atom is -0.378 e. The Morgan fingerprint density at radius 2 is 2.06 bits per heavy atom. The van der Waals surface area contributed by atoms with Crippen LogP contribution in [0, 0.1) is 13.8 Å². The number of alkyl halides is 1. The molecule has 17 heavy (non-hydrogen) atoms. The smallest absolute Gasteiger partial charge is 0.0634 e. The van der Waals surface area contributed by atoms with Gasteiger partial charge in [-0.3, -0.25) is 4.90 Å². The van der Waals surface area contributed by atoms with Crippen LogP contribution in [0.5, 0.6) is 0 Å². The van der Waals surface area contributed by atoms with Crippen LogP contribution in [0.3, 0.4) is 0 Å². The van der Waals surface area contributed by atoms with Crippen LogP contribution in [0.15, 0.2) is 18.2 Å². The molecular weight excluding hydrogens is 234 g/mol. The quantitative estimate of drug-likeness (QED) is 0.768. The van der Waals surface area contributed by atoms with Crippen LogP contribution in [-0.4, -0.2) is 36.6 Å². The Morgan fingerprint density at radius 3 is 2.71 bits per heavy atom. The average molecular weight is 254 g/mol. The molecule has 0 aliphatic carbocycles. The highest BCUT2D eigenvalue weighted by Crippen LogP contribution is 2.19. The van der Waals surface area contributed by atoms with E-state index >= 15 is 0 Å². The standard InChI is InChI=1S/C14H20ClNO/c1-11-4-3-5-12(2)14(11)9-16-6-7-17-10-13(16)8-15/h3-5,13H,6-10H2,1-2H3. The third kappa shape index (κ3) is 3.01. The highest BCUT2D eigenvalue weighted by atomic mass is 35.5. The zero-order chi connectivity index (χ0) is 12.3. The molecule has 1 aliphatic rings. The number of rotatable bonds is 3. The summed E-state index contributed by atoms with van der Waals surface area (Å²) in [6.45, 7) is 7.90. The number of ether oxygens (including phenoxy) is 1. The summed E-state index contributed by atoms with van der Waals surface area (Å²) in [6.07, 6.45) is 0. The van der Waals surface area contributed by atoms with E-state index in [0.29, 0.717) is 11.9 Å². The van der Waals surface area contributed by atoms with Crippen molar-refractivity contribution in [2.24, 2.45) is 0 Å². The SMILES string of the molecule is Cc1cccc(C)c1CN1CCOCC1CCl. The van der Waals surface area contributed by atoms with Crippen molar-refractivity contribution in [3.05, 3.63) is 34.9 Å². The van der Waals surface area contributed by atoms with Crippen LogP contribution in [0.25, 0.3) is 0 Å². The second-order valence-corrected chi connectivity index (χ2v) is 5.03. The fourth-order valence-corrected chi connectivity index (χ4v) is 2.63. The van der Waals surface area contributed by atoms with Crippen molar-refractivity contribution in [3.63, 3.8) is 0 Å². The first-order valence-electron chi connectivity index (χ1n) is 6.15. The summed E-state index contributed by atoms with van der Waals surface area (Å²) in [5.41, 5.74) is 4.17. The van der Waals surface area contributed by atoms with Crippen LogP contribution in [0.4, 0.5) is 0 Å². The van der Waals surface area contributed by atoms with Crippen molar-refractivity contribution >= 4 is 11.6 Å². The monoisotopic (exact) mass is 253 g/mol. The lowest BCUT2D eigenvalue weighted by atomic mass is 10.0. The number of halogens is 1. The third-order valence-electron chi connectivity index (χ3n) is 3.53. The lowest BCUT2D eigenvalue weighted by Gasteiger charge is -2.35. The van der Waals surface area contributed by atoms with Crippen LogP contribution < -0.4 is 0 Å². The molecule has 1 heterocycles. The number of hydrogen-bond donors (Lipinski definition) is 0.